The van der Waals surface area contributed by atoms with Gasteiger partial charge in [0.25, 0.3) is 0 Å². The Hall–Kier alpha value is -2.94. The Morgan fingerprint density at radius 2 is 2.00 bits per heavy atom. The number of hydrogen-bond donors (Lipinski definition) is 0. The fourth-order valence-electron chi connectivity index (χ4n) is 2.59. The Balaban J connectivity index is 1.80. The molecular weight excluding hydrogens is 388 g/mol. The molecule has 9 heteroatoms. The number of nitrogens with zero attached hydrogens (tertiary/aromatic N) is 3. The first kappa shape index (κ1) is 19.8. The molecule has 146 valence electrons. The van der Waals surface area contributed by atoms with Crippen molar-refractivity contribution in [3.05, 3.63) is 59.9 Å². The molecule has 0 bridgehead atoms. The molecule has 3 rings (SSSR count). The number of hydrogen-bond acceptors (Lipinski definition) is 6. The van der Waals surface area contributed by atoms with E-state index >= 15 is 0 Å². The van der Waals surface area contributed by atoms with Gasteiger partial charge in [0.2, 0.25) is 0 Å². The highest BCUT2D eigenvalue weighted by molar-refractivity contribution is 7.99. The highest BCUT2D eigenvalue weighted by atomic mass is 32.2. The van der Waals surface area contributed by atoms with E-state index < -0.39 is 6.61 Å². The van der Waals surface area contributed by atoms with Crippen molar-refractivity contribution in [2.24, 2.45) is 0 Å². The van der Waals surface area contributed by atoms with Crippen LogP contribution in [0.1, 0.15) is 15.9 Å². The SMILES string of the molecule is COc1ccccc1-n1cnnc1SCC(=O)c1cc(C)ccc1OC(F)F. The summed E-state index contributed by atoms with van der Waals surface area (Å²) >= 11 is 1.15. The van der Waals surface area contributed by atoms with E-state index in [4.69, 9.17) is 4.74 Å². The average Bonchev–Trinajstić information content (AvgIpc) is 3.15. The van der Waals surface area contributed by atoms with Crippen LogP contribution < -0.4 is 9.47 Å². The van der Waals surface area contributed by atoms with Crippen LogP contribution in [0.2, 0.25) is 0 Å². The van der Waals surface area contributed by atoms with Gasteiger partial charge in [-0.3, -0.25) is 9.36 Å². The van der Waals surface area contributed by atoms with E-state index in [2.05, 4.69) is 14.9 Å². The molecule has 0 fully saturated rings. The summed E-state index contributed by atoms with van der Waals surface area (Å²) in [6.45, 7) is -1.23. The van der Waals surface area contributed by atoms with E-state index in [1.807, 2.05) is 18.2 Å². The van der Waals surface area contributed by atoms with E-state index in [0.29, 0.717) is 10.9 Å². The number of carbonyl (C=O) groups is 1. The minimum absolute atomic E-state index is 0.0170. The van der Waals surface area contributed by atoms with Gasteiger partial charge in [-0.15, -0.1) is 10.2 Å². The summed E-state index contributed by atoms with van der Waals surface area (Å²) < 4.78 is 36.7. The van der Waals surface area contributed by atoms with Gasteiger partial charge in [-0.25, -0.2) is 0 Å². The molecule has 6 nitrogen and oxygen atoms in total. The monoisotopic (exact) mass is 405 g/mol. The first-order valence-corrected chi connectivity index (χ1v) is 9.23. The summed E-state index contributed by atoms with van der Waals surface area (Å²) in [7, 11) is 1.56. The standard InChI is InChI=1S/C19H17F2N3O3S/c1-12-7-8-16(27-18(20)21)13(9-12)15(25)10-28-19-23-22-11-24(19)14-5-3-4-6-17(14)26-2/h3-9,11,18H,10H2,1-2H3. The Morgan fingerprint density at radius 3 is 2.75 bits per heavy atom. The minimum atomic E-state index is -3.00. The first-order chi connectivity index (χ1) is 13.5. The summed E-state index contributed by atoms with van der Waals surface area (Å²) in [6, 6.07) is 11.8. The van der Waals surface area contributed by atoms with E-state index in [1.54, 1.807) is 30.7 Å². The van der Waals surface area contributed by atoms with Crippen LogP contribution in [0.15, 0.2) is 53.9 Å². The maximum absolute atomic E-state index is 12.6. The zero-order valence-electron chi connectivity index (χ0n) is 15.1. The molecule has 0 N–H and O–H groups in total. The lowest BCUT2D eigenvalue weighted by Gasteiger charge is -2.12. The van der Waals surface area contributed by atoms with E-state index in [9.17, 15) is 13.6 Å². The van der Waals surface area contributed by atoms with Gasteiger partial charge >= 0.3 is 6.61 Å². The van der Waals surface area contributed by atoms with Crippen molar-refractivity contribution in [1.82, 2.24) is 14.8 Å². The molecule has 0 aliphatic heterocycles. The van der Waals surface area contributed by atoms with E-state index in [-0.39, 0.29) is 22.8 Å². The number of benzene rings is 2. The van der Waals surface area contributed by atoms with Crippen molar-refractivity contribution in [1.29, 1.82) is 0 Å². The number of para-hydroxylation sites is 2. The molecule has 1 heterocycles. The van der Waals surface area contributed by atoms with Crippen molar-refractivity contribution in [2.45, 2.75) is 18.7 Å². The molecule has 2 aromatic carbocycles. The number of alkyl halides is 2. The second kappa shape index (κ2) is 8.83. The van der Waals surface area contributed by atoms with Gasteiger partial charge in [-0.1, -0.05) is 35.5 Å². The molecule has 0 unspecified atom stereocenters. The zero-order chi connectivity index (χ0) is 20.1. The number of rotatable bonds is 8. The van der Waals surface area contributed by atoms with E-state index in [0.717, 1.165) is 23.0 Å². The smallest absolute Gasteiger partial charge is 0.387 e. The first-order valence-electron chi connectivity index (χ1n) is 8.24. The third-order valence-electron chi connectivity index (χ3n) is 3.85. The molecule has 1 aromatic heterocycles. The zero-order valence-corrected chi connectivity index (χ0v) is 16.0. The van der Waals surface area contributed by atoms with Crippen molar-refractivity contribution < 1.29 is 23.0 Å². The molecule has 0 atom stereocenters. The topological polar surface area (TPSA) is 66.2 Å². The van der Waals surface area contributed by atoms with Crippen LogP contribution in [0, 0.1) is 6.92 Å². The van der Waals surface area contributed by atoms with Crippen molar-refractivity contribution >= 4 is 17.5 Å². The molecule has 0 saturated carbocycles. The molecule has 3 aromatic rings. The van der Waals surface area contributed by atoms with E-state index in [1.165, 1.54) is 18.5 Å². The third kappa shape index (κ3) is 4.48. The van der Waals surface area contributed by atoms with Crippen molar-refractivity contribution in [3.8, 4) is 17.2 Å². The lowest BCUT2D eigenvalue weighted by Crippen LogP contribution is -2.10. The quantitative estimate of drug-likeness (QED) is 0.414. The van der Waals surface area contributed by atoms with Gasteiger partial charge in [-0.05, 0) is 31.2 Å². The average molecular weight is 405 g/mol. The predicted octanol–water partition coefficient (Wildman–Crippen LogP) is 4.16. The Bertz CT molecular complexity index is 979. The van der Waals surface area contributed by atoms with Crippen LogP contribution in [0.5, 0.6) is 11.5 Å². The Morgan fingerprint density at radius 1 is 1.21 bits per heavy atom. The van der Waals surface area contributed by atoms with Crippen molar-refractivity contribution in [3.63, 3.8) is 0 Å². The van der Waals surface area contributed by atoms with Gasteiger partial charge in [0.1, 0.15) is 17.8 Å². The second-order valence-electron chi connectivity index (χ2n) is 5.75. The fraction of sp³-hybridized carbons (Fsp3) is 0.211. The lowest BCUT2D eigenvalue weighted by atomic mass is 10.1. The van der Waals surface area contributed by atoms with Crippen molar-refractivity contribution in [2.75, 3.05) is 12.9 Å². The summed E-state index contributed by atoms with van der Waals surface area (Å²) in [4.78, 5) is 12.6. The molecule has 0 aliphatic rings. The number of ether oxygens (including phenoxy) is 2. The van der Waals surface area contributed by atoms with Gasteiger partial charge in [0, 0.05) is 0 Å². The number of methoxy groups -OCH3 is 1. The Labute approximate surface area is 164 Å². The molecule has 0 saturated heterocycles. The summed E-state index contributed by atoms with van der Waals surface area (Å²) in [6.07, 6.45) is 1.52. The lowest BCUT2D eigenvalue weighted by molar-refractivity contribution is -0.0501. The highest BCUT2D eigenvalue weighted by Gasteiger charge is 2.18. The summed E-state index contributed by atoms with van der Waals surface area (Å²) in [5.74, 6) is 0.120. The van der Waals surface area contributed by atoms with Crippen LogP contribution >= 0.6 is 11.8 Å². The van der Waals surface area contributed by atoms with Crippen LogP contribution in [0.3, 0.4) is 0 Å². The number of ketones is 1. The van der Waals surface area contributed by atoms with Gasteiger partial charge in [0.05, 0.1) is 24.1 Å². The third-order valence-corrected chi connectivity index (χ3v) is 4.79. The van der Waals surface area contributed by atoms with Gasteiger partial charge < -0.3 is 9.47 Å². The maximum atomic E-state index is 12.6. The molecule has 0 spiro atoms. The number of thioether (sulfide) groups is 1. The van der Waals surface area contributed by atoms with Crippen LogP contribution in [0.25, 0.3) is 5.69 Å². The molecule has 0 radical (unpaired) electrons. The van der Waals surface area contributed by atoms with Crippen LogP contribution in [-0.4, -0.2) is 40.0 Å². The molecular formula is C19H17F2N3O3S. The largest absolute Gasteiger partial charge is 0.495 e. The minimum Gasteiger partial charge on any atom is -0.495 e. The fourth-order valence-corrected chi connectivity index (χ4v) is 3.39. The number of aromatic nitrogens is 3. The number of carbonyl (C=O) groups excluding carboxylic acids is 1. The number of aryl methyl sites for hydroxylation is 1. The van der Waals surface area contributed by atoms with Crippen LogP contribution in [-0.2, 0) is 0 Å². The summed E-state index contributed by atoms with van der Waals surface area (Å²) in [5.41, 5.74) is 1.60. The predicted molar refractivity (Wildman–Crippen MR) is 101 cm³/mol. The number of halogens is 2. The Kier molecular flexibility index (Phi) is 6.25. The number of Topliss-reactive ketones (excluding diaryl/α,β-unsaturated/α-hetero) is 1. The molecule has 28 heavy (non-hydrogen) atoms. The van der Waals surface area contributed by atoms with Gasteiger partial charge in [-0.2, -0.15) is 8.78 Å². The highest BCUT2D eigenvalue weighted by Crippen LogP contribution is 2.28. The normalized spacial score (nSPS) is 10.9. The maximum Gasteiger partial charge on any atom is 0.387 e. The second-order valence-corrected chi connectivity index (χ2v) is 6.69. The van der Waals surface area contributed by atoms with Gasteiger partial charge in [0.15, 0.2) is 10.9 Å². The molecule has 0 amide bonds. The van der Waals surface area contributed by atoms with Crippen LogP contribution in [0.4, 0.5) is 8.78 Å². The summed E-state index contributed by atoms with van der Waals surface area (Å²) in [5, 5.41) is 8.41. The molecule has 0 aliphatic carbocycles.